The smallest absolute Gasteiger partial charge is 0.140 e. The maximum Gasteiger partial charge on any atom is 0.140 e. The molecular weight excluding hydrogens is 188 g/mol. The van der Waals surface area contributed by atoms with E-state index in [4.69, 9.17) is 0 Å². The second-order valence-corrected chi connectivity index (χ2v) is 4.41. The van der Waals surface area contributed by atoms with Crippen LogP contribution in [0.1, 0.15) is 25.3 Å². The van der Waals surface area contributed by atoms with Crippen LogP contribution in [0, 0.1) is 0 Å². The molecular formula is C12H16N2O. The third-order valence-electron chi connectivity index (χ3n) is 3.15. The quantitative estimate of drug-likeness (QED) is 0.752. The fourth-order valence-electron chi connectivity index (χ4n) is 2.06. The van der Waals surface area contributed by atoms with Gasteiger partial charge < -0.3 is 4.90 Å². The van der Waals surface area contributed by atoms with E-state index in [1.165, 1.54) is 0 Å². The Labute approximate surface area is 90.1 Å². The summed E-state index contributed by atoms with van der Waals surface area (Å²) in [6.07, 6.45) is 3.71. The number of carbonyl (C=O) groups is 1. The highest BCUT2D eigenvalue weighted by Crippen LogP contribution is 2.51. The van der Waals surface area contributed by atoms with Crippen molar-refractivity contribution in [2.24, 2.45) is 0 Å². The number of anilines is 1. The first kappa shape index (κ1) is 10.1. The Kier molecular flexibility index (Phi) is 2.25. The molecule has 1 aliphatic carbocycles. The van der Waals surface area contributed by atoms with Gasteiger partial charge in [0, 0.05) is 25.9 Å². The van der Waals surface area contributed by atoms with Crippen molar-refractivity contribution < 1.29 is 4.79 Å². The van der Waals surface area contributed by atoms with E-state index in [1.54, 1.807) is 13.1 Å². The summed E-state index contributed by atoms with van der Waals surface area (Å²) >= 11 is 0. The van der Waals surface area contributed by atoms with Crippen molar-refractivity contribution in [2.45, 2.75) is 25.2 Å². The lowest BCUT2D eigenvalue weighted by molar-refractivity contribution is -0.119. The summed E-state index contributed by atoms with van der Waals surface area (Å²) in [4.78, 5) is 18.0. The molecule has 0 aliphatic heterocycles. The fourth-order valence-corrected chi connectivity index (χ4v) is 2.06. The molecule has 0 saturated heterocycles. The second kappa shape index (κ2) is 3.33. The van der Waals surface area contributed by atoms with Crippen LogP contribution in [0.2, 0.25) is 0 Å². The van der Waals surface area contributed by atoms with Gasteiger partial charge in [-0.3, -0.25) is 4.79 Å². The van der Waals surface area contributed by atoms with Gasteiger partial charge in [-0.15, -0.1) is 0 Å². The molecule has 3 heteroatoms. The van der Waals surface area contributed by atoms with Crippen LogP contribution >= 0.6 is 0 Å². The molecule has 0 atom stereocenters. The predicted octanol–water partition coefficient (Wildman–Crippen LogP) is 1.77. The summed E-state index contributed by atoms with van der Waals surface area (Å²) in [7, 11) is 3.92. The lowest BCUT2D eigenvalue weighted by Crippen LogP contribution is -2.22. The third kappa shape index (κ3) is 1.52. The number of aromatic nitrogens is 1. The molecule has 0 aromatic carbocycles. The molecule has 80 valence electrons. The van der Waals surface area contributed by atoms with Crippen LogP contribution < -0.4 is 4.90 Å². The Morgan fingerprint density at radius 3 is 2.60 bits per heavy atom. The van der Waals surface area contributed by atoms with Crippen LogP contribution in [0.3, 0.4) is 0 Å². The molecule has 0 amide bonds. The van der Waals surface area contributed by atoms with Crippen LogP contribution in [0.5, 0.6) is 0 Å². The minimum Gasteiger partial charge on any atom is -0.362 e. The Morgan fingerprint density at radius 1 is 1.47 bits per heavy atom. The van der Waals surface area contributed by atoms with E-state index in [9.17, 15) is 4.79 Å². The molecule has 0 bridgehead atoms. The summed E-state index contributed by atoms with van der Waals surface area (Å²) in [6.45, 7) is 1.68. The summed E-state index contributed by atoms with van der Waals surface area (Å²) in [5.41, 5.74) is 0.857. The average molecular weight is 204 g/mol. The largest absolute Gasteiger partial charge is 0.362 e. The maximum absolute atomic E-state index is 11.7. The van der Waals surface area contributed by atoms with Crippen LogP contribution in [-0.4, -0.2) is 24.9 Å². The predicted molar refractivity (Wildman–Crippen MR) is 60.2 cm³/mol. The zero-order valence-electron chi connectivity index (χ0n) is 9.45. The van der Waals surface area contributed by atoms with Gasteiger partial charge in [0.25, 0.3) is 0 Å². The summed E-state index contributed by atoms with van der Waals surface area (Å²) in [6, 6.07) is 3.93. The van der Waals surface area contributed by atoms with Crippen molar-refractivity contribution in [1.82, 2.24) is 4.98 Å². The number of ketones is 1. The van der Waals surface area contributed by atoms with E-state index in [2.05, 4.69) is 4.98 Å². The molecule has 1 aromatic heterocycles. The zero-order chi connectivity index (χ0) is 11.1. The van der Waals surface area contributed by atoms with E-state index in [1.807, 2.05) is 31.1 Å². The molecule has 1 heterocycles. The molecule has 15 heavy (non-hydrogen) atoms. The molecule has 1 saturated carbocycles. The first-order chi connectivity index (χ1) is 7.08. The van der Waals surface area contributed by atoms with E-state index in [-0.39, 0.29) is 11.2 Å². The Bertz CT molecular complexity index is 394. The van der Waals surface area contributed by atoms with E-state index in [0.717, 1.165) is 24.2 Å². The topological polar surface area (TPSA) is 33.2 Å². The number of carbonyl (C=O) groups excluding carboxylic acids is 1. The van der Waals surface area contributed by atoms with Crippen LogP contribution in [0.4, 0.5) is 5.82 Å². The van der Waals surface area contributed by atoms with Crippen molar-refractivity contribution in [3.8, 4) is 0 Å². The van der Waals surface area contributed by atoms with Gasteiger partial charge >= 0.3 is 0 Å². The van der Waals surface area contributed by atoms with Gasteiger partial charge in [-0.05, 0) is 25.8 Å². The standard InChI is InChI=1S/C12H16N2O/c1-9(15)12(6-7-12)10-5-4-8-13-11(10)14(2)3/h4-5,8H,6-7H2,1-3H3. The second-order valence-electron chi connectivity index (χ2n) is 4.41. The average Bonchev–Trinajstić information content (AvgIpc) is 2.98. The number of nitrogens with zero attached hydrogens (tertiary/aromatic N) is 2. The summed E-state index contributed by atoms with van der Waals surface area (Å²) in [5, 5.41) is 0. The van der Waals surface area contributed by atoms with Gasteiger partial charge in [-0.25, -0.2) is 4.98 Å². The Morgan fingerprint density at radius 2 is 2.13 bits per heavy atom. The van der Waals surface area contributed by atoms with Crippen molar-refractivity contribution in [2.75, 3.05) is 19.0 Å². The van der Waals surface area contributed by atoms with Crippen molar-refractivity contribution in [3.63, 3.8) is 0 Å². The lowest BCUT2D eigenvalue weighted by Gasteiger charge is -2.20. The van der Waals surface area contributed by atoms with Crippen LogP contribution in [-0.2, 0) is 10.2 Å². The maximum atomic E-state index is 11.7. The lowest BCUT2D eigenvalue weighted by atomic mass is 9.92. The van der Waals surface area contributed by atoms with Gasteiger partial charge in [-0.1, -0.05) is 6.07 Å². The molecule has 3 nitrogen and oxygen atoms in total. The van der Waals surface area contributed by atoms with Crippen LogP contribution in [0.15, 0.2) is 18.3 Å². The minimum atomic E-state index is -0.228. The van der Waals surface area contributed by atoms with Gasteiger partial charge in [0.05, 0.1) is 5.41 Å². The van der Waals surface area contributed by atoms with Crippen molar-refractivity contribution >= 4 is 11.6 Å². The highest BCUT2D eigenvalue weighted by atomic mass is 16.1. The molecule has 2 rings (SSSR count). The SMILES string of the molecule is CC(=O)C1(c2cccnc2N(C)C)CC1. The number of rotatable bonds is 3. The summed E-state index contributed by atoms with van der Waals surface area (Å²) < 4.78 is 0. The molecule has 0 N–H and O–H groups in total. The molecule has 1 fully saturated rings. The monoisotopic (exact) mass is 204 g/mol. The normalized spacial score (nSPS) is 17.3. The third-order valence-corrected chi connectivity index (χ3v) is 3.15. The van der Waals surface area contributed by atoms with Crippen molar-refractivity contribution in [3.05, 3.63) is 23.9 Å². The first-order valence-corrected chi connectivity index (χ1v) is 5.22. The number of hydrogen-bond donors (Lipinski definition) is 0. The van der Waals surface area contributed by atoms with Crippen LogP contribution in [0.25, 0.3) is 0 Å². The van der Waals surface area contributed by atoms with E-state index in [0.29, 0.717) is 0 Å². The zero-order valence-corrected chi connectivity index (χ0v) is 9.45. The minimum absolute atomic E-state index is 0.228. The molecule has 0 radical (unpaired) electrons. The Balaban J connectivity index is 2.49. The Hall–Kier alpha value is -1.38. The van der Waals surface area contributed by atoms with Gasteiger partial charge in [0.15, 0.2) is 0 Å². The molecule has 0 unspecified atom stereocenters. The fraction of sp³-hybridized carbons (Fsp3) is 0.500. The molecule has 0 spiro atoms. The van der Waals surface area contributed by atoms with E-state index >= 15 is 0 Å². The van der Waals surface area contributed by atoms with Crippen molar-refractivity contribution in [1.29, 1.82) is 0 Å². The molecule has 1 aliphatic rings. The number of pyridine rings is 1. The highest BCUT2D eigenvalue weighted by Gasteiger charge is 2.50. The highest BCUT2D eigenvalue weighted by molar-refractivity contribution is 5.92. The van der Waals surface area contributed by atoms with Gasteiger partial charge in [-0.2, -0.15) is 0 Å². The number of hydrogen-bond acceptors (Lipinski definition) is 3. The number of Topliss-reactive ketones (excluding diaryl/α,β-unsaturated/α-hetero) is 1. The van der Waals surface area contributed by atoms with E-state index < -0.39 is 0 Å². The van der Waals surface area contributed by atoms with Gasteiger partial charge in [0.2, 0.25) is 0 Å². The van der Waals surface area contributed by atoms with Gasteiger partial charge in [0.1, 0.15) is 11.6 Å². The first-order valence-electron chi connectivity index (χ1n) is 5.22. The molecule has 1 aromatic rings. The summed E-state index contributed by atoms with van der Waals surface area (Å²) in [5.74, 6) is 1.18.